The van der Waals surface area contributed by atoms with E-state index in [1.807, 2.05) is 4.98 Å². The molecule has 105 heavy (non-hydrogen) atoms. The maximum absolute atomic E-state index is 15.5. The van der Waals surface area contributed by atoms with Gasteiger partial charge in [0.15, 0.2) is 12.3 Å². The number of esters is 2. The highest BCUT2D eigenvalue weighted by Gasteiger charge is 2.46. The Kier molecular flexibility index (Phi) is 32.3. The van der Waals surface area contributed by atoms with Gasteiger partial charge in [-0.05, 0) is 81.2 Å². The van der Waals surface area contributed by atoms with Crippen LogP contribution in [0.2, 0.25) is 0 Å². The zero-order valence-electron chi connectivity index (χ0n) is 60.4. The lowest BCUT2D eigenvalue weighted by Gasteiger charge is -2.34. The van der Waals surface area contributed by atoms with Gasteiger partial charge in [0.2, 0.25) is 53.2 Å². The topological polar surface area (TPSA) is 489 Å². The first-order valence-corrected chi connectivity index (χ1v) is 35.2. The van der Waals surface area contributed by atoms with E-state index in [1.165, 1.54) is 52.1 Å². The summed E-state index contributed by atoms with van der Waals surface area (Å²) in [6, 6.07) is 4.61. The molecule has 0 unspecified atom stereocenters. The molecule has 17 atom stereocenters. The molecule has 578 valence electrons. The number of nitrogens with zero attached hydrogens (tertiary/aromatic N) is 2. The Bertz CT molecular complexity index is 3630. The number of likely N-dealkylation sites (N-methyl/N-ethyl adjacent to an activating group) is 1. The van der Waals surface area contributed by atoms with Crippen molar-refractivity contribution in [1.82, 2.24) is 57.0 Å². The Hall–Kier alpha value is -9.45. The van der Waals surface area contributed by atoms with Crippen LogP contribution in [0.25, 0.3) is 0 Å². The summed E-state index contributed by atoms with van der Waals surface area (Å²) in [6.07, 6.45) is -5.63. The fourth-order valence-electron chi connectivity index (χ4n) is 11.6. The van der Waals surface area contributed by atoms with Crippen molar-refractivity contribution in [3.8, 4) is 5.75 Å². The minimum Gasteiger partial charge on any atom is -0.487 e. The number of unbranched alkanes of at least 4 members (excludes halogenated alkanes) is 3. The van der Waals surface area contributed by atoms with E-state index in [-0.39, 0.29) is 62.5 Å². The van der Waals surface area contributed by atoms with Crippen molar-refractivity contribution >= 4 is 65.1 Å². The first-order chi connectivity index (χ1) is 49.7. The molecule has 9 amide bonds. The molecule has 0 radical (unpaired) electrons. The third kappa shape index (κ3) is 24.6. The molecular formula is C71H101N11O23. The van der Waals surface area contributed by atoms with Crippen LogP contribution in [0.4, 0.5) is 0 Å². The second-order valence-electron chi connectivity index (χ2n) is 27.0. The quantitative estimate of drug-likeness (QED) is 0.0315. The Morgan fingerprint density at radius 3 is 2.07 bits per heavy atom. The van der Waals surface area contributed by atoms with Crippen molar-refractivity contribution in [2.24, 2.45) is 17.8 Å². The number of aliphatic hydroxyl groups is 5. The summed E-state index contributed by atoms with van der Waals surface area (Å²) >= 11 is 0. The molecule has 4 aliphatic heterocycles. The Balaban J connectivity index is 1.21. The number of nitrogens with one attached hydrogen (secondary N) is 9. The second-order valence-corrected chi connectivity index (χ2v) is 27.0. The molecule has 2 aromatic carbocycles. The molecule has 1 aromatic heterocycles. The van der Waals surface area contributed by atoms with Crippen molar-refractivity contribution in [1.29, 1.82) is 0 Å². The summed E-state index contributed by atoms with van der Waals surface area (Å²) in [5.74, 6) is -12.6. The minimum absolute atomic E-state index is 0.0336. The zero-order valence-corrected chi connectivity index (χ0v) is 60.4. The Morgan fingerprint density at radius 2 is 1.41 bits per heavy atom. The second kappa shape index (κ2) is 40.2. The summed E-state index contributed by atoms with van der Waals surface area (Å²) < 4.78 is 30.0. The molecular weight excluding hydrogens is 1370 g/mol. The number of hydrogen-bond acceptors (Lipinski definition) is 23. The molecule has 4 bridgehead atoms. The highest BCUT2D eigenvalue weighted by atomic mass is 16.6. The summed E-state index contributed by atoms with van der Waals surface area (Å²) in [5, 5.41) is 75.8. The number of fused-ring (bicyclic) bond motifs is 11. The van der Waals surface area contributed by atoms with Crippen molar-refractivity contribution in [3.05, 3.63) is 111 Å². The molecule has 2 saturated heterocycles. The first kappa shape index (κ1) is 84.5. The molecule has 0 aliphatic carbocycles. The zero-order chi connectivity index (χ0) is 77.4. The van der Waals surface area contributed by atoms with Gasteiger partial charge in [0.1, 0.15) is 85.2 Å². The van der Waals surface area contributed by atoms with E-state index >= 15 is 9.59 Å². The van der Waals surface area contributed by atoms with Gasteiger partial charge in [-0.3, -0.25) is 62.3 Å². The number of rotatable bonds is 25. The van der Waals surface area contributed by atoms with E-state index < -0.39 is 199 Å². The van der Waals surface area contributed by atoms with Crippen LogP contribution in [0.1, 0.15) is 130 Å². The smallest absolute Gasteiger partial charge is 0.332 e. The number of carbonyl (C=O) groups excluding carboxylic acids is 11. The fourth-order valence-corrected chi connectivity index (χ4v) is 11.6. The molecule has 5 heterocycles. The monoisotopic (exact) mass is 1480 g/mol. The van der Waals surface area contributed by atoms with Gasteiger partial charge in [-0.25, -0.2) is 9.59 Å². The maximum atomic E-state index is 15.5. The Morgan fingerprint density at radius 1 is 0.752 bits per heavy atom. The van der Waals surface area contributed by atoms with Crippen molar-refractivity contribution < 1.29 is 102 Å². The van der Waals surface area contributed by atoms with Gasteiger partial charge in [0, 0.05) is 64.3 Å². The average molecular weight is 1480 g/mol. The lowest BCUT2D eigenvalue weighted by atomic mass is 9.93. The summed E-state index contributed by atoms with van der Waals surface area (Å²) in [7, 11) is 1.28. The van der Waals surface area contributed by atoms with Crippen LogP contribution in [-0.4, -0.2) is 230 Å². The molecule has 7 rings (SSSR count). The number of cyclic esters (lactones) is 1. The van der Waals surface area contributed by atoms with Crippen LogP contribution >= 0.6 is 0 Å². The van der Waals surface area contributed by atoms with Gasteiger partial charge >= 0.3 is 17.6 Å². The van der Waals surface area contributed by atoms with E-state index in [4.69, 9.17) is 23.7 Å². The van der Waals surface area contributed by atoms with E-state index in [0.29, 0.717) is 37.8 Å². The third-order valence-corrected chi connectivity index (χ3v) is 18.6. The van der Waals surface area contributed by atoms with Crippen LogP contribution in [0, 0.1) is 17.8 Å². The summed E-state index contributed by atoms with van der Waals surface area (Å²) in [6.45, 7) is 9.71. The van der Waals surface area contributed by atoms with Gasteiger partial charge in [0.05, 0.1) is 24.7 Å². The molecule has 34 nitrogen and oxygen atoms in total. The summed E-state index contributed by atoms with van der Waals surface area (Å²) in [4.78, 5) is 182. The predicted octanol–water partition coefficient (Wildman–Crippen LogP) is -2.25. The molecule has 0 saturated carbocycles. The van der Waals surface area contributed by atoms with E-state index in [1.54, 1.807) is 58.0 Å². The van der Waals surface area contributed by atoms with Crippen LogP contribution < -0.4 is 58.5 Å². The van der Waals surface area contributed by atoms with Gasteiger partial charge < -0.3 is 96.7 Å². The lowest BCUT2D eigenvalue weighted by Crippen LogP contribution is -2.61. The summed E-state index contributed by atoms with van der Waals surface area (Å²) in [5.41, 5.74) is -3.01. The van der Waals surface area contributed by atoms with Crippen molar-refractivity contribution in [2.75, 3.05) is 46.5 Å². The van der Waals surface area contributed by atoms with E-state index in [0.717, 1.165) is 40.8 Å². The van der Waals surface area contributed by atoms with Crippen LogP contribution in [0.3, 0.4) is 0 Å². The van der Waals surface area contributed by atoms with Gasteiger partial charge in [-0.2, -0.15) is 0 Å². The SMILES string of the molecule is CC[C@H](C)[C@H]1NC(=O)[C@@H](NC(=O)[C@H](C)[C@H](O)C(C)C)[C@@H](C)OC(=O)[C@@H]2COC(=O)CNC(=O)/C=C/[C@@](O)(COCCCCCCNC(=O)CCCC(=O)NC[C@H]3O[C@@H](n4ccc(=O)[nH]c4=O)[C@H](O)[C@@H]3O)[C@H](C)Oc3ccc(cc3)[C@H](NC1=O)C(=O)N(C)[C@@H](Cc1ccccc1)C(=O)N[C@H]([C@@H](C)O)C(=O)N2. The molecule has 34 heteroatoms. The Labute approximate surface area is 606 Å². The standard InChI is InChI=1S/C71H101N11O23/c1-10-39(4)55-64(94)80-58-45-23-25-46(26-24-45)104-43(8)71(100,37-101-32-17-12-11-16-30-72-50(84)21-18-22-51(85)73-34-49-60(90)61(91)68(105-49)82-31-28-53(87)76-70(82)99)29-27-52(86)74-35-54(88)102-36-47(69(98)103-42(7)57(66(96)77-55)79-62(92)40(5)59(89)38(2)3)75-65(95)56(41(6)83)78-63(93)48(81(9)67(58)97)33-44-19-14-13-15-20-44/h13-15,19-20,23-29,31,38-43,47-49,55-61,68,83,89-91,100H,10-12,16-18,21-22,30,32-37H2,1-9H3,(H,72,84)(H,73,85)(H,74,86)(H,75,95)(H,77,96)(H,78,93)(H,79,92)(H,80,94)(H,76,87,99)/b29-27+/t39-,40+,41+,42+,43-,47-,48-,49+,55+,56+,57-,58-,59+,60+,61+,68+,71+/m0/s1. The number of ether oxygens (including phenoxy) is 5. The molecule has 4 aliphatic rings. The first-order valence-electron chi connectivity index (χ1n) is 35.2. The number of hydrogen-bond donors (Lipinski definition) is 14. The van der Waals surface area contributed by atoms with Crippen LogP contribution in [0.5, 0.6) is 5.75 Å². The van der Waals surface area contributed by atoms with Crippen molar-refractivity contribution in [3.63, 3.8) is 0 Å². The third-order valence-electron chi connectivity index (χ3n) is 18.6. The van der Waals surface area contributed by atoms with Crippen molar-refractivity contribution in [2.45, 2.75) is 204 Å². The number of H-pyrrole nitrogens is 1. The fraction of sp³-hybridized carbons (Fsp3) is 0.592. The number of benzene rings is 2. The number of aromatic amines is 1. The average Bonchev–Trinajstić information content (AvgIpc) is 1.76. The van der Waals surface area contributed by atoms with Crippen LogP contribution in [0.15, 0.2) is 88.6 Å². The minimum atomic E-state index is -2.10. The largest absolute Gasteiger partial charge is 0.487 e. The molecule has 0 spiro atoms. The van der Waals surface area contributed by atoms with Gasteiger partial charge in [-0.15, -0.1) is 0 Å². The number of aromatic nitrogens is 2. The van der Waals surface area contributed by atoms with E-state index in [9.17, 15) is 78.3 Å². The van der Waals surface area contributed by atoms with E-state index in [2.05, 4.69) is 42.5 Å². The lowest BCUT2D eigenvalue weighted by molar-refractivity contribution is -0.160. The molecule has 3 aromatic rings. The molecule has 14 N–H and O–H groups in total. The van der Waals surface area contributed by atoms with Crippen LogP contribution in [-0.2, 0) is 78.1 Å². The number of amides is 9. The predicted molar refractivity (Wildman–Crippen MR) is 373 cm³/mol. The van der Waals surface area contributed by atoms with Gasteiger partial charge in [-0.1, -0.05) is 96.3 Å². The highest BCUT2D eigenvalue weighted by Crippen LogP contribution is 2.29. The highest BCUT2D eigenvalue weighted by molar-refractivity contribution is 5.98. The van der Waals surface area contributed by atoms with Gasteiger partial charge in [0.25, 0.3) is 5.56 Å². The molecule has 2 fully saturated rings. The number of carbonyl (C=O) groups is 11. The maximum Gasteiger partial charge on any atom is 0.332 e. The normalized spacial score (nSPS) is 27.0. The number of aliphatic hydroxyl groups excluding tert-OH is 4.